The van der Waals surface area contributed by atoms with Gasteiger partial charge in [0.05, 0.1) is 0 Å². The lowest BCUT2D eigenvalue weighted by molar-refractivity contribution is 0.358. The Hall–Kier alpha value is -0.600. The first-order valence-corrected chi connectivity index (χ1v) is 7.49. The van der Waals surface area contributed by atoms with Crippen molar-refractivity contribution in [2.45, 2.75) is 46.0 Å². The van der Waals surface area contributed by atoms with Crippen LogP contribution in [0.15, 0.2) is 18.2 Å². The average Bonchev–Trinajstić information content (AvgIpc) is 2.35. The minimum atomic E-state index is -0.273. The second kappa shape index (κ2) is 7.25. The Kier molecular flexibility index (Phi) is 6.28. The van der Waals surface area contributed by atoms with Gasteiger partial charge in [0, 0.05) is 17.0 Å². The van der Waals surface area contributed by atoms with Crippen LogP contribution in [-0.4, -0.2) is 13.1 Å². The lowest BCUT2D eigenvalue weighted by atomic mass is 9.75. The molecule has 0 unspecified atom stereocenters. The first-order chi connectivity index (χ1) is 8.95. The van der Waals surface area contributed by atoms with E-state index in [2.05, 4.69) is 33.0 Å². The van der Waals surface area contributed by atoms with Gasteiger partial charge < -0.3 is 5.32 Å². The Balaban J connectivity index is 2.97. The van der Waals surface area contributed by atoms with Gasteiger partial charge in [-0.15, -0.1) is 0 Å². The molecule has 0 heterocycles. The number of hydrogen-bond donors (Lipinski definition) is 1. The quantitative estimate of drug-likeness (QED) is 0.760. The van der Waals surface area contributed by atoms with Crippen molar-refractivity contribution in [1.29, 1.82) is 0 Å². The zero-order valence-corrected chi connectivity index (χ0v) is 13.1. The molecule has 0 aliphatic carbocycles. The van der Waals surface area contributed by atoms with Gasteiger partial charge in [-0.1, -0.05) is 45.4 Å². The third-order valence-corrected chi connectivity index (χ3v) is 4.18. The molecular formula is C16H25ClFN. The summed E-state index contributed by atoms with van der Waals surface area (Å²) in [5.74, 6) is 0.347. The average molecular weight is 286 g/mol. The monoisotopic (exact) mass is 285 g/mol. The number of rotatable bonds is 7. The minimum absolute atomic E-state index is 0.0142. The summed E-state index contributed by atoms with van der Waals surface area (Å²) in [6, 6.07) is 4.75. The zero-order valence-electron chi connectivity index (χ0n) is 12.4. The highest BCUT2D eigenvalue weighted by molar-refractivity contribution is 6.31. The smallest absolute Gasteiger partial charge is 0.124 e. The summed E-state index contributed by atoms with van der Waals surface area (Å²) in [5.41, 5.74) is 1.04. The maximum absolute atomic E-state index is 13.2. The molecule has 0 saturated carbocycles. The van der Waals surface area contributed by atoms with Crippen LogP contribution in [0.5, 0.6) is 0 Å². The Morgan fingerprint density at radius 2 is 1.89 bits per heavy atom. The summed E-state index contributed by atoms with van der Waals surface area (Å²) >= 11 is 6.25. The van der Waals surface area contributed by atoms with Gasteiger partial charge in [0.25, 0.3) is 0 Å². The molecule has 0 fully saturated rings. The third-order valence-electron chi connectivity index (χ3n) is 3.87. The number of halogens is 2. The fraction of sp³-hybridized carbons (Fsp3) is 0.625. The molecular weight excluding hydrogens is 261 g/mol. The Bertz CT molecular complexity index is 400. The lowest BCUT2D eigenvalue weighted by Crippen LogP contribution is -2.39. The Morgan fingerprint density at radius 1 is 1.26 bits per heavy atom. The fourth-order valence-corrected chi connectivity index (χ4v) is 2.86. The highest BCUT2D eigenvalue weighted by Crippen LogP contribution is 2.36. The van der Waals surface area contributed by atoms with Gasteiger partial charge in [0.2, 0.25) is 0 Å². The highest BCUT2D eigenvalue weighted by Gasteiger charge is 2.30. The van der Waals surface area contributed by atoms with Crippen molar-refractivity contribution in [3.05, 3.63) is 34.6 Å². The van der Waals surface area contributed by atoms with Gasteiger partial charge >= 0.3 is 0 Å². The van der Waals surface area contributed by atoms with Crippen molar-refractivity contribution in [3.63, 3.8) is 0 Å². The molecule has 19 heavy (non-hydrogen) atoms. The zero-order chi connectivity index (χ0) is 14.5. The summed E-state index contributed by atoms with van der Waals surface area (Å²) in [6.45, 7) is 10.6. The van der Waals surface area contributed by atoms with Crippen molar-refractivity contribution in [2.24, 2.45) is 5.92 Å². The van der Waals surface area contributed by atoms with Gasteiger partial charge in [-0.3, -0.25) is 0 Å². The Morgan fingerprint density at radius 3 is 2.37 bits per heavy atom. The molecule has 1 rings (SSSR count). The number of nitrogens with one attached hydrogen (secondary N) is 1. The van der Waals surface area contributed by atoms with Gasteiger partial charge in [0.15, 0.2) is 0 Å². The lowest BCUT2D eigenvalue weighted by Gasteiger charge is -2.34. The van der Waals surface area contributed by atoms with Crippen molar-refractivity contribution in [2.75, 3.05) is 13.1 Å². The van der Waals surface area contributed by atoms with E-state index in [1.165, 1.54) is 12.1 Å². The van der Waals surface area contributed by atoms with E-state index in [4.69, 9.17) is 11.6 Å². The van der Waals surface area contributed by atoms with Crippen LogP contribution in [0.25, 0.3) is 0 Å². The van der Waals surface area contributed by atoms with Crippen molar-refractivity contribution < 1.29 is 4.39 Å². The van der Waals surface area contributed by atoms with E-state index in [1.807, 2.05) is 6.07 Å². The van der Waals surface area contributed by atoms with Crippen LogP contribution in [0.3, 0.4) is 0 Å². The normalized spacial score (nSPS) is 12.2. The molecule has 0 spiro atoms. The van der Waals surface area contributed by atoms with Gasteiger partial charge in [0.1, 0.15) is 5.82 Å². The summed E-state index contributed by atoms with van der Waals surface area (Å²) < 4.78 is 13.2. The molecule has 1 aromatic rings. The molecule has 0 aromatic heterocycles. The molecule has 0 saturated heterocycles. The fourth-order valence-electron chi connectivity index (χ4n) is 2.50. The molecule has 0 aliphatic rings. The van der Waals surface area contributed by atoms with E-state index in [9.17, 15) is 4.39 Å². The maximum atomic E-state index is 13.2. The third kappa shape index (κ3) is 4.19. The predicted molar refractivity (Wildman–Crippen MR) is 81.4 cm³/mol. The van der Waals surface area contributed by atoms with Crippen LogP contribution in [0.2, 0.25) is 5.02 Å². The van der Waals surface area contributed by atoms with Crippen LogP contribution in [-0.2, 0) is 5.41 Å². The molecule has 3 heteroatoms. The molecule has 0 radical (unpaired) electrons. The molecule has 108 valence electrons. The Labute approximate surface area is 121 Å². The maximum Gasteiger partial charge on any atom is 0.124 e. The van der Waals surface area contributed by atoms with Gasteiger partial charge in [-0.2, -0.15) is 0 Å². The van der Waals surface area contributed by atoms with Crippen molar-refractivity contribution in [1.82, 2.24) is 5.32 Å². The molecule has 0 aliphatic heterocycles. The number of hydrogen-bond acceptors (Lipinski definition) is 1. The van der Waals surface area contributed by atoms with Crippen LogP contribution >= 0.6 is 11.6 Å². The summed E-state index contributed by atoms with van der Waals surface area (Å²) in [7, 11) is 0. The summed E-state index contributed by atoms with van der Waals surface area (Å²) in [4.78, 5) is 0. The largest absolute Gasteiger partial charge is 0.316 e. The van der Waals surface area contributed by atoms with E-state index >= 15 is 0 Å². The first-order valence-electron chi connectivity index (χ1n) is 7.11. The molecule has 1 aromatic carbocycles. The molecule has 0 bridgehead atoms. The van der Waals surface area contributed by atoms with Gasteiger partial charge in [-0.05, 0) is 43.0 Å². The van der Waals surface area contributed by atoms with Crippen molar-refractivity contribution in [3.8, 4) is 0 Å². The van der Waals surface area contributed by atoms with Crippen LogP contribution < -0.4 is 5.32 Å². The number of benzene rings is 1. The minimum Gasteiger partial charge on any atom is -0.316 e. The highest BCUT2D eigenvalue weighted by atomic mass is 35.5. The first kappa shape index (κ1) is 16.5. The second-order valence-electron chi connectivity index (χ2n) is 5.64. The van der Waals surface area contributed by atoms with E-state index in [1.54, 1.807) is 0 Å². The van der Waals surface area contributed by atoms with Crippen LogP contribution in [0.1, 0.15) is 46.1 Å². The molecule has 0 amide bonds. The standard InChI is InChI=1S/C16H25ClFN/c1-5-16(6-2,11-19-10-12(3)4)14-8-7-13(18)9-15(14)17/h7-9,12,19H,5-6,10-11H2,1-4H3. The summed E-state index contributed by atoms with van der Waals surface area (Å²) in [5, 5.41) is 4.05. The predicted octanol–water partition coefficient (Wildman–Crippen LogP) is 4.78. The molecule has 0 atom stereocenters. The topological polar surface area (TPSA) is 12.0 Å². The van der Waals surface area contributed by atoms with Crippen LogP contribution in [0, 0.1) is 11.7 Å². The van der Waals surface area contributed by atoms with E-state index in [0.717, 1.165) is 31.5 Å². The van der Waals surface area contributed by atoms with Crippen LogP contribution in [0.4, 0.5) is 4.39 Å². The van der Waals surface area contributed by atoms with Gasteiger partial charge in [-0.25, -0.2) is 4.39 Å². The molecule has 1 nitrogen and oxygen atoms in total. The van der Waals surface area contributed by atoms with E-state index in [0.29, 0.717) is 10.9 Å². The molecule has 1 N–H and O–H groups in total. The van der Waals surface area contributed by atoms with E-state index in [-0.39, 0.29) is 11.2 Å². The summed E-state index contributed by atoms with van der Waals surface area (Å²) in [6.07, 6.45) is 1.97. The SMILES string of the molecule is CCC(CC)(CNCC(C)C)c1ccc(F)cc1Cl. The van der Waals surface area contributed by atoms with E-state index < -0.39 is 0 Å². The second-order valence-corrected chi connectivity index (χ2v) is 6.04. The van der Waals surface area contributed by atoms with Crippen molar-refractivity contribution >= 4 is 11.6 Å².